The molecule has 8 nitrogen and oxygen atoms in total. The Kier molecular flexibility index (Phi) is 10.1. The molecule has 1 N–H and O–H groups in total. The average molecular weight is 569 g/mol. The van der Waals surface area contributed by atoms with Gasteiger partial charge in [-0.2, -0.15) is 0 Å². The van der Waals surface area contributed by atoms with E-state index in [1.165, 1.54) is 4.90 Å². The predicted octanol–water partition coefficient (Wildman–Crippen LogP) is 3.72. The highest BCUT2D eigenvalue weighted by Gasteiger charge is 2.30. The summed E-state index contributed by atoms with van der Waals surface area (Å²) in [5, 5.41) is 2.86. The number of sulfonamides is 1. The van der Waals surface area contributed by atoms with Crippen LogP contribution in [0.3, 0.4) is 0 Å². The first-order valence-electron chi connectivity index (χ1n) is 11.3. The third kappa shape index (κ3) is 8.24. The third-order valence-electron chi connectivity index (χ3n) is 5.45. The summed E-state index contributed by atoms with van der Waals surface area (Å²) >= 11 is 3.41. The van der Waals surface area contributed by atoms with E-state index in [-0.39, 0.29) is 18.4 Å². The van der Waals surface area contributed by atoms with Gasteiger partial charge in [-0.05, 0) is 61.2 Å². The molecule has 35 heavy (non-hydrogen) atoms. The standard InChI is InChI=1S/C25H34BrN3O5S/c1-17(2)14-27-25(31)19(4)28(15-20-8-7-9-22(13-20)34-5)24(30)16-29(35(6,32)33)21-10-11-23(26)18(3)12-21/h7-13,17,19H,14-16H2,1-6H3,(H,27,31). The predicted molar refractivity (Wildman–Crippen MR) is 142 cm³/mol. The van der Waals surface area contributed by atoms with Crippen LogP contribution in [0.15, 0.2) is 46.9 Å². The summed E-state index contributed by atoms with van der Waals surface area (Å²) in [6.45, 7) is 7.59. The first kappa shape index (κ1) is 28.6. The molecule has 0 spiro atoms. The van der Waals surface area contributed by atoms with Gasteiger partial charge in [0.1, 0.15) is 18.3 Å². The van der Waals surface area contributed by atoms with Crippen LogP contribution in [0.2, 0.25) is 0 Å². The molecular weight excluding hydrogens is 534 g/mol. The van der Waals surface area contributed by atoms with E-state index in [9.17, 15) is 18.0 Å². The molecule has 2 amide bonds. The molecule has 0 heterocycles. The Hall–Kier alpha value is -2.59. The van der Waals surface area contributed by atoms with Gasteiger partial charge in [0.2, 0.25) is 21.8 Å². The molecule has 2 aromatic rings. The highest BCUT2D eigenvalue weighted by Crippen LogP contribution is 2.25. The van der Waals surface area contributed by atoms with Crippen molar-refractivity contribution in [1.29, 1.82) is 0 Å². The molecule has 10 heteroatoms. The van der Waals surface area contributed by atoms with Crippen LogP contribution in [0, 0.1) is 12.8 Å². The number of nitrogens with one attached hydrogen (secondary N) is 1. The Balaban J connectivity index is 2.40. The van der Waals surface area contributed by atoms with Crippen molar-refractivity contribution < 1.29 is 22.7 Å². The molecular formula is C25H34BrN3O5S. The van der Waals surface area contributed by atoms with Crippen molar-refractivity contribution in [2.75, 3.05) is 30.8 Å². The lowest BCUT2D eigenvalue weighted by Crippen LogP contribution is -2.51. The lowest BCUT2D eigenvalue weighted by Gasteiger charge is -2.31. The second-order valence-electron chi connectivity index (χ2n) is 8.89. The smallest absolute Gasteiger partial charge is 0.244 e. The van der Waals surface area contributed by atoms with Crippen molar-refractivity contribution in [2.24, 2.45) is 5.92 Å². The highest BCUT2D eigenvalue weighted by molar-refractivity contribution is 9.10. The maximum absolute atomic E-state index is 13.6. The number of halogens is 1. The van der Waals surface area contributed by atoms with E-state index >= 15 is 0 Å². The number of carbonyl (C=O) groups is 2. The van der Waals surface area contributed by atoms with E-state index in [0.717, 1.165) is 26.2 Å². The maximum atomic E-state index is 13.6. The zero-order valence-electron chi connectivity index (χ0n) is 21.0. The maximum Gasteiger partial charge on any atom is 0.244 e. The number of aryl methyl sites for hydroxylation is 1. The lowest BCUT2D eigenvalue weighted by atomic mass is 10.1. The van der Waals surface area contributed by atoms with E-state index in [1.807, 2.05) is 26.8 Å². The topological polar surface area (TPSA) is 96.0 Å². The van der Waals surface area contributed by atoms with Gasteiger partial charge in [0.15, 0.2) is 0 Å². The molecule has 0 aliphatic carbocycles. The summed E-state index contributed by atoms with van der Waals surface area (Å²) in [6.07, 6.45) is 1.06. The molecule has 2 aromatic carbocycles. The van der Waals surface area contributed by atoms with E-state index in [1.54, 1.807) is 50.4 Å². The molecule has 1 unspecified atom stereocenters. The summed E-state index contributed by atoms with van der Waals surface area (Å²) in [5.74, 6) is 0.0660. The van der Waals surface area contributed by atoms with E-state index in [0.29, 0.717) is 18.0 Å². The van der Waals surface area contributed by atoms with Crippen molar-refractivity contribution >= 4 is 43.5 Å². The molecule has 0 bridgehead atoms. The van der Waals surface area contributed by atoms with Gasteiger partial charge in [-0.1, -0.05) is 41.9 Å². The van der Waals surface area contributed by atoms with Crippen molar-refractivity contribution in [2.45, 2.75) is 40.3 Å². The number of hydrogen-bond donors (Lipinski definition) is 1. The van der Waals surface area contributed by atoms with Gasteiger partial charge >= 0.3 is 0 Å². The van der Waals surface area contributed by atoms with Gasteiger partial charge in [0, 0.05) is 17.6 Å². The molecule has 0 radical (unpaired) electrons. The van der Waals surface area contributed by atoms with Crippen molar-refractivity contribution in [3.8, 4) is 5.75 Å². The number of hydrogen-bond acceptors (Lipinski definition) is 5. The van der Waals surface area contributed by atoms with Crippen LogP contribution in [0.25, 0.3) is 0 Å². The molecule has 2 rings (SSSR count). The van der Waals surface area contributed by atoms with Gasteiger partial charge in [-0.25, -0.2) is 8.42 Å². The molecule has 192 valence electrons. The van der Waals surface area contributed by atoms with Crippen LogP contribution in [-0.4, -0.2) is 57.6 Å². The Labute approximate surface area is 216 Å². The van der Waals surface area contributed by atoms with Crippen LogP contribution in [-0.2, 0) is 26.2 Å². The number of methoxy groups -OCH3 is 1. The van der Waals surface area contributed by atoms with Crippen molar-refractivity contribution in [3.05, 3.63) is 58.1 Å². The first-order valence-corrected chi connectivity index (χ1v) is 13.9. The minimum Gasteiger partial charge on any atom is -0.497 e. The highest BCUT2D eigenvalue weighted by atomic mass is 79.9. The Bertz CT molecular complexity index is 1150. The van der Waals surface area contributed by atoms with Crippen LogP contribution >= 0.6 is 15.9 Å². The molecule has 1 atom stereocenters. The monoisotopic (exact) mass is 567 g/mol. The van der Waals surface area contributed by atoms with Crippen LogP contribution in [0.5, 0.6) is 5.75 Å². The SMILES string of the molecule is COc1cccc(CN(C(=O)CN(c2ccc(Br)c(C)c2)S(C)(=O)=O)C(C)C(=O)NCC(C)C)c1. The summed E-state index contributed by atoms with van der Waals surface area (Å²) in [6, 6.07) is 11.5. The van der Waals surface area contributed by atoms with Gasteiger partial charge in [-0.15, -0.1) is 0 Å². The summed E-state index contributed by atoms with van der Waals surface area (Å²) in [5.41, 5.74) is 1.96. The third-order valence-corrected chi connectivity index (χ3v) is 7.48. The molecule has 0 saturated heterocycles. The number of benzene rings is 2. The number of rotatable bonds is 11. The van der Waals surface area contributed by atoms with E-state index in [4.69, 9.17) is 4.74 Å². The summed E-state index contributed by atoms with van der Waals surface area (Å²) < 4.78 is 32.5. The van der Waals surface area contributed by atoms with Gasteiger partial charge in [-0.3, -0.25) is 13.9 Å². The summed E-state index contributed by atoms with van der Waals surface area (Å²) in [4.78, 5) is 27.8. The van der Waals surface area contributed by atoms with Crippen LogP contribution < -0.4 is 14.4 Å². The zero-order valence-corrected chi connectivity index (χ0v) is 23.4. The van der Waals surface area contributed by atoms with Gasteiger partial charge < -0.3 is 15.0 Å². The fourth-order valence-electron chi connectivity index (χ4n) is 3.40. The normalized spacial score (nSPS) is 12.2. The lowest BCUT2D eigenvalue weighted by molar-refractivity contribution is -0.139. The molecule has 0 aliphatic rings. The molecule has 0 fully saturated rings. The Morgan fingerprint density at radius 1 is 1.11 bits per heavy atom. The van der Waals surface area contributed by atoms with E-state index < -0.39 is 28.5 Å². The fraction of sp³-hybridized carbons (Fsp3) is 0.440. The molecule has 0 saturated carbocycles. The number of carbonyl (C=O) groups excluding carboxylic acids is 2. The second kappa shape index (κ2) is 12.4. The van der Waals surface area contributed by atoms with Crippen LogP contribution in [0.1, 0.15) is 31.9 Å². The quantitative estimate of drug-likeness (QED) is 0.446. The Morgan fingerprint density at radius 3 is 2.37 bits per heavy atom. The van der Waals surface area contributed by atoms with Crippen molar-refractivity contribution in [1.82, 2.24) is 10.2 Å². The minimum absolute atomic E-state index is 0.114. The van der Waals surface area contributed by atoms with Crippen LogP contribution in [0.4, 0.5) is 5.69 Å². The molecule has 0 aliphatic heterocycles. The van der Waals surface area contributed by atoms with Gasteiger partial charge in [0.25, 0.3) is 0 Å². The van der Waals surface area contributed by atoms with Crippen molar-refractivity contribution in [3.63, 3.8) is 0 Å². The number of anilines is 1. The van der Waals surface area contributed by atoms with Gasteiger partial charge in [0.05, 0.1) is 19.1 Å². The largest absolute Gasteiger partial charge is 0.497 e. The van der Waals surface area contributed by atoms with E-state index in [2.05, 4.69) is 21.2 Å². The summed E-state index contributed by atoms with van der Waals surface area (Å²) in [7, 11) is -2.23. The Morgan fingerprint density at radius 2 is 1.80 bits per heavy atom. The average Bonchev–Trinajstić information content (AvgIpc) is 2.80. The number of ether oxygens (including phenoxy) is 1. The number of nitrogens with zero attached hydrogens (tertiary/aromatic N) is 2. The first-order chi connectivity index (χ1) is 16.3. The molecule has 0 aromatic heterocycles. The zero-order chi connectivity index (χ0) is 26.3. The second-order valence-corrected chi connectivity index (χ2v) is 11.7. The fourth-order valence-corrected chi connectivity index (χ4v) is 4.49. The minimum atomic E-state index is -3.78. The number of amides is 2.